The maximum atomic E-state index is 13.9. The van der Waals surface area contributed by atoms with E-state index in [-0.39, 0.29) is 30.1 Å². The van der Waals surface area contributed by atoms with Crippen LogP contribution >= 0.6 is 0 Å². The number of hydrazone groups is 1. The van der Waals surface area contributed by atoms with E-state index in [0.717, 1.165) is 49.9 Å². The minimum absolute atomic E-state index is 0.0237. The van der Waals surface area contributed by atoms with E-state index >= 15 is 0 Å². The Morgan fingerprint density at radius 2 is 1.79 bits per heavy atom. The standard InChI is InChI=1S/C30H37FN4O4/c1-38-28-9-5-4-8-25(28)27-20-26(22-10-12-24(31)13-11-22)32-35(27)29(36)21-34(30(37)23-6-2-3-7-23)15-14-33-16-18-39-19-17-33/h4-5,8-13,23,27H,2-3,6-7,14-21H2,1H3. The summed E-state index contributed by atoms with van der Waals surface area (Å²) in [5.41, 5.74) is 2.30. The van der Waals surface area contributed by atoms with Crippen molar-refractivity contribution >= 4 is 17.5 Å². The lowest BCUT2D eigenvalue weighted by atomic mass is 9.97. The van der Waals surface area contributed by atoms with Crippen LogP contribution in [0.2, 0.25) is 0 Å². The van der Waals surface area contributed by atoms with E-state index in [9.17, 15) is 14.0 Å². The molecular weight excluding hydrogens is 499 g/mol. The fourth-order valence-electron chi connectivity index (χ4n) is 5.76. The SMILES string of the molecule is COc1ccccc1C1CC(c2ccc(F)cc2)=NN1C(=O)CN(CCN1CCOCC1)C(=O)C1CCCC1. The second-order valence-corrected chi connectivity index (χ2v) is 10.4. The third kappa shape index (κ3) is 6.47. The largest absolute Gasteiger partial charge is 0.496 e. The number of ether oxygens (including phenoxy) is 2. The molecule has 0 spiro atoms. The van der Waals surface area contributed by atoms with Gasteiger partial charge < -0.3 is 14.4 Å². The van der Waals surface area contributed by atoms with Gasteiger partial charge in [0, 0.05) is 44.1 Å². The van der Waals surface area contributed by atoms with Crippen LogP contribution in [0.1, 0.15) is 49.3 Å². The third-order valence-corrected chi connectivity index (χ3v) is 7.97. The lowest BCUT2D eigenvalue weighted by molar-refractivity contribution is -0.144. The van der Waals surface area contributed by atoms with Crippen molar-refractivity contribution in [2.75, 3.05) is 53.0 Å². The number of carbonyl (C=O) groups excluding carboxylic acids is 2. The summed E-state index contributed by atoms with van der Waals surface area (Å²) in [5.74, 6) is 0.139. The lowest BCUT2D eigenvalue weighted by Crippen LogP contribution is -2.48. The third-order valence-electron chi connectivity index (χ3n) is 7.97. The quantitative estimate of drug-likeness (QED) is 0.487. The van der Waals surface area contributed by atoms with Crippen LogP contribution in [0.3, 0.4) is 0 Å². The molecule has 2 fully saturated rings. The molecular formula is C30H37FN4O4. The fraction of sp³-hybridized carbons (Fsp3) is 0.500. The highest BCUT2D eigenvalue weighted by molar-refractivity contribution is 6.03. The van der Waals surface area contributed by atoms with E-state index in [2.05, 4.69) is 4.90 Å². The molecule has 2 aromatic rings. The molecule has 2 heterocycles. The van der Waals surface area contributed by atoms with E-state index in [1.807, 2.05) is 24.3 Å². The number of methoxy groups -OCH3 is 1. The first-order valence-corrected chi connectivity index (χ1v) is 13.9. The van der Waals surface area contributed by atoms with Crippen LogP contribution in [-0.2, 0) is 14.3 Å². The van der Waals surface area contributed by atoms with Crippen LogP contribution in [0.15, 0.2) is 53.6 Å². The maximum Gasteiger partial charge on any atom is 0.262 e. The summed E-state index contributed by atoms with van der Waals surface area (Å²) in [4.78, 5) is 31.5. The number of carbonyl (C=O) groups is 2. The molecule has 0 radical (unpaired) electrons. The molecule has 1 saturated heterocycles. The molecule has 0 N–H and O–H groups in total. The molecule has 1 saturated carbocycles. The number of morpholine rings is 1. The van der Waals surface area contributed by atoms with Crippen molar-refractivity contribution in [3.8, 4) is 5.75 Å². The van der Waals surface area contributed by atoms with E-state index in [0.29, 0.717) is 44.2 Å². The van der Waals surface area contributed by atoms with Crippen LogP contribution in [-0.4, -0.2) is 85.4 Å². The lowest BCUT2D eigenvalue weighted by Gasteiger charge is -2.32. The zero-order chi connectivity index (χ0) is 27.2. The number of rotatable bonds is 9. The van der Waals surface area contributed by atoms with Gasteiger partial charge in [-0.15, -0.1) is 0 Å². The van der Waals surface area contributed by atoms with Gasteiger partial charge in [0.25, 0.3) is 5.91 Å². The van der Waals surface area contributed by atoms with Crippen molar-refractivity contribution in [2.24, 2.45) is 11.0 Å². The maximum absolute atomic E-state index is 13.9. The van der Waals surface area contributed by atoms with E-state index in [4.69, 9.17) is 14.6 Å². The summed E-state index contributed by atoms with van der Waals surface area (Å²) in [6.07, 6.45) is 4.31. The van der Waals surface area contributed by atoms with Gasteiger partial charge >= 0.3 is 0 Å². The fourth-order valence-corrected chi connectivity index (χ4v) is 5.76. The van der Waals surface area contributed by atoms with Crippen molar-refractivity contribution in [2.45, 2.75) is 38.1 Å². The first-order chi connectivity index (χ1) is 19.0. The summed E-state index contributed by atoms with van der Waals surface area (Å²) in [7, 11) is 1.61. The van der Waals surface area contributed by atoms with Gasteiger partial charge in [-0.1, -0.05) is 43.2 Å². The van der Waals surface area contributed by atoms with Crippen molar-refractivity contribution < 1.29 is 23.5 Å². The van der Waals surface area contributed by atoms with E-state index in [1.165, 1.54) is 17.1 Å². The monoisotopic (exact) mass is 536 g/mol. The summed E-state index contributed by atoms with van der Waals surface area (Å²) in [6.45, 7) is 4.18. The highest BCUT2D eigenvalue weighted by Gasteiger charge is 2.37. The molecule has 2 amide bonds. The predicted octanol–water partition coefficient (Wildman–Crippen LogP) is 3.86. The number of halogens is 1. The smallest absolute Gasteiger partial charge is 0.262 e. The minimum Gasteiger partial charge on any atom is -0.496 e. The van der Waals surface area contributed by atoms with Crippen molar-refractivity contribution in [1.82, 2.24) is 14.8 Å². The molecule has 39 heavy (non-hydrogen) atoms. The normalized spacial score (nSPS) is 20.2. The van der Waals surface area contributed by atoms with Gasteiger partial charge in [0.2, 0.25) is 5.91 Å². The van der Waals surface area contributed by atoms with Crippen LogP contribution in [0, 0.1) is 11.7 Å². The topological polar surface area (TPSA) is 74.7 Å². The summed E-state index contributed by atoms with van der Waals surface area (Å²) in [5, 5.41) is 6.24. The number of para-hydroxylation sites is 1. The number of benzene rings is 2. The minimum atomic E-state index is -0.392. The number of hydrogen-bond donors (Lipinski definition) is 0. The first kappa shape index (κ1) is 27.3. The van der Waals surface area contributed by atoms with Gasteiger partial charge in [0.05, 0.1) is 32.1 Å². The Bertz CT molecular complexity index is 1180. The van der Waals surface area contributed by atoms with E-state index < -0.39 is 6.04 Å². The molecule has 5 rings (SSSR count). The Hall–Kier alpha value is -3.30. The van der Waals surface area contributed by atoms with Crippen molar-refractivity contribution in [1.29, 1.82) is 0 Å². The Morgan fingerprint density at radius 3 is 2.51 bits per heavy atom. The Balaban J connectivity index is 1.39. The van der Waals surface area contributed by atoms with Crippen LogP contribution in [0.4, 0.5) is 4.39 Å². The second kappa shape index (κ2) is 12.7. The van der Waals surface area contributed by atoms with Gasteiger partial charge in [-0.2, -0.15) is 5.10 Å². The van der Waals surface area contributed by atoms with E-state index in [1.54, 1.807) is 24.1 Å². The molecule has 2 aromatic carbocycles. The van der Waals surface area contributed by atoms with Gasteiger partial charge in [0.15, 0.2) is 0 Å². The molecule has 3 aliphatic rings. The Kier molecular flexibility index (Phi) is 8.88. The Labute approximate surface area is 229 Å². The molecule has 208 valence electrons. The summed E-state index contributed by atoms with van der Waals surface area (Å²) in [6, 6.07) is 13.4. The highest BCUT2D eigenvalue weighted by atomic mass is 19.1. The predicted molar refractivity (Wildman–Crippen MR) is 146 cm³/mol. The second-order valence-electron chi connectivity index (χ2n) is 10.4. The number of nitrogens with zero attached hydrogens (tertiary/aromatic N) is 4. The molecule has 8 nitrogen and oxygen atoms in total. The molecule has 0 aromatic heterocycles. The van der Waals surface area contributed by atoms with Gasteiger partial charge in [-0.05, 0) is 36.6 Å². The average Bonchev–Trinajstić information content (AvgIpc) is 3.67. The van der Waals surface area contributed by atoms with Gasteiger partial charge in [-0.25, -0.2) is 9.40 Å². The summed E-state index contributed by atoms with van der Waals surface area (Å²) >= 11 is 0. The summed E-state index contributed by atoms with van der Waals surface area (Å²) < 4.78 is 24.7. The highest BCUT2D eigenvalue weighted by Crippen LogP contribution is 2.37. The molecule has 1 aliphatic carbocycles. The molecule has 2 aliphatic heterocycles. The van der Waals surface area contributed by atoms with Gasteiger partial charge in [-0.3, -0.25) is 14.5 Å². The van der Waals surface area contributed by atoms with Crippen LogP contribution in [0.5, 0.6) is 5.75 Å². The zero-order valence-corrected chi connectivity index (χ0v) is 22.6. The Morgan fingerprint density at radius 1 is 1.08 bits per heavy atom. The van der Waals surface area contributed by atoms with Gasteiger partial charge in [0.1, 0.15) is 18.1 Å². The average molecular weight is 537 g/mol. The number of amides is 2. The molecule has 1 unspecified atom stereocenters. The molecule has 0 bridgehead atoms. The first-order valence-electron chi connectivity index (χ1n) is 13.9. The van der Waals surface area contributed by atoms with Crippen LogP contribution < -0.4 is 4.74 Å². The van der Waals surface area contributed by atoms with Crippen molar-refractivity contribution in [3.05, 3.63) is 65.5 Å². The van der Waals surface area contributed by atoms with Crippen LogP contribution in [0.25, 0.3) is 0 Å². The molecule has 1 atom stereocenters. The number of hydrogen-bond acceptors (Lipinski definition) is 6. The molecule has 9 heteroatoms. The van der Waals surface area contributed by atoms with Crippen molar-refractivity contribution in [3.63, 3.8) is 0 Å². The zero-order valence-electron chi connectivity index (χ0n) is 22.6.